The summed E-state index contributed by atoms with van der Waals surface area (Å²) in [6, 6.07) is 0. The highest BCUT2D eigenvalue weighted by molar-refractivity contribution is 5.68. The second kappa shape index (κ2) is 6.42. The summed E-state index contributed by atoms with van der Waals surface area (Å²) in [4.78, 5) is 43.3. The van der Waals surface area contributed by atoms with Crippen LogP contribution in [-0.2, 0) is 6.54 Å². The average molecular weight is 328 g/mol. The van der Waals surface area contributed by atoms with E-state index in [-0.39, 0.29) is 16.9 Å². The van der Waals surface area contributed by atoms with Gasteiger partial charge in [0, 0.05) is 0 Å². The standard InChI is InChI=1S/C12H16N4O7/c1-4-11(22)16(2-5(18)8(20)6(19)3-17)9-7(13-4)10(21)15-12(23)14-9/h5-6,8,17-20H,2-3H2,1H3,(H2,14,15,21,23)/t5-,6-,8+/m0/s1. The van der Waals surface area contributed by atoms with Gasteiger partial charge in [-0.05, 0) is 6.92 Å². The summed E-state index contributed by atoms with van der Waals surface area (Å²) < 4.78 is 0.867. The normalized spacial score (nSPS) is 15.5. The molecule has 11 nitrogen and oxygen atoms in total. The monoisotopic (exact) mass is 328 g/mol. The SMILES string of the molecule is Cc1nc2c(=O)[nH]c(=O)[nH]c2n(C[C@H](O)[C@@H](O)[C@@H](O)CO)c1=O. The van der Waals surface area contributed by atoms with E-state index in [4.69, 9.17) is 5.11 Å². The maximum Gasteiger partial charge on any atom is 0.327 e. The van der Waals surface area contributed by atoms with Crippen LogP contribution in [0.1, 0.15) is 5.69 Å². The molecular weight excluding hydrogens is 312 g/mol. The molecule has 0 amide bonds. The predicted octanol–water partition coefficient (Wildman–Crippen LogP) is -3.84. The first-order chi connectivity index (χ1) is 10.8. The molecule has 0 saturated carbocycles. The molecule has 0 aliphatic carbocycles. The smallest absolute Gasteiger partial charge is 0.327 e. The predicted molar refractivity (Wildman–Crippen MR) is 77.1 cm³/mol. The lowest BCUT2D eigenvalue weighted by molar-refractivity contribution is -0.0805. The summed E-state index contributed by atoms with van der Waals surface area (Å²) in [5.41, 5.74) is -2.87. The van der Waals surface area contributed by atoms with Crippen molar-refractivity contribution in [1.82, 2.24) is 19.5 Å². The van der Waals surface area contributed by atoms with Gasteiger partial charge < -0.3 is 20.4 Å². The first-order valence-electron chi connectivity index (χ1n) is 6.65. The summed E-state index contributed by atoms with van der Waals surface area (Å²) in [7, 11) is 0. The second-order valence-electron chi connectivity index (χ2n) is 5.03. The van der Waals surface area contributed by atoms with Crippen LogP contribution in [0.3, 0.4) is 0 Å². The molecule has 11 heteroatoms. The Morgan fingerprint density at radius 2 is 1.78 bits per heavy atom. The van der Waals surface area contributed by atoms with Crippen LogP contribution in [0.4, 0.5) is 0 Å². The van der Waals surface area contributed by atoms with E-state index in [2.05, 4.69) is 9.97 Å². The third-order valence-corrected chi connectivity index (χ3v) is 3.35. The van der Waals surface area contributed by atoms with E-state index in [0.29, 0.717) is 0 Å². The molecule has 0 aromatic carbocycles. The van der Waals surface area contributed by atoms with E-state index < -0.39 is 48.3 Å². The number of nitrogens with one attached hydrogen (secondary N) is 2. The quantitative estimate of drug-likeness (QED) is 0.322. The van der Waals surface area contributed by atoms with Crippen molar-refractivity contribution in [3.8, 4) is 0 Å². The fourth-order valence-electron chi connectivity index (χ4n) is 2.11. The zero-order valence-electron chi connectivity index (χ0n) is 12.1. The van der Waals surface area contributed by atoms with Crippen LogP contribution in [0.15, 0.2) is 14.4 Å². The maximum absolute atomic E-state index is 12.2. The third kappa shape index (κ3) is 3.22. The Kier molecular flexibility index (Phi) is 4.75. The number of nitrogens with zero attached hydrogens (tertiary/aromatic N) is 2. The van der Waals surface area contributed by atoms with Gasteiger partial charge in [-0.15, -0.1) is 0 Å². The largest absolute Gasteiger partial charge is 0.394 e. The molecule has 2 heterocycles. The lowest BCUT2D eigenvalue weighted by Gasteiger charge is -2.22. The number of aliphatic hydroxyl groups is 4. The van der Waals surface area contributed by atoms with Gasteiger partial charge >= 0.3 is 5.69 Å². The molecule has 0 saturated heterocycles. The minimum Gasteiger partial charge on any atom is -0.394 e. The highest BCUT2D eigenvalue weighted by Crippen LogP contribution is 2.06. The van der Waals surface area contributed by atoms with Gasteiger partial charge in [0.2, 0.25) is 0 Å². The summed E-state index contributed by atoms with van der Waals surface area (Å²) >= 11 is 0. The Labute approximate surface area is 127 Å². The van der Waals surface area contributed by atoms with Crippen LogP contribution in [0.25, 0.3) is 11.2 Å². The maximum atomic E-state index is 12.2. The van der Waals surface area contributed by atoms with Gasteiger partial charge in [-0.3, -0.25) is 24.1 Å². The minimum atomic E-state index is -1.73. The molecular formula is C12H16N4O7. The molecule has 2 aromatic rings. The van der Waals surface area contributed by atoms with Crippen LogP contribution >= 0.6 is 0 Å². The highest BCUT2D eigenvalue weighted by Gasteiger charge is 2.26. The van der Waals surface area contributed by atoms with E-state index >= 15 is 0 Å². The lowest BCUT2D eigenvalue weighted by atomic mass is 10.1. The van der Waals surface area contributed by atoms with Crippen molar-refractivity contribution in [2.24, 2.45) is 0 Å². The van der Waals surface area contributed by atoms with Crippen molar-refractivity contribution in [2.75, 3.05) is 6.61 Å². The van der Waals surface area contributed by atoms with Crippen molar-refractivity contribution in [3.63, 3.8) is 0 Å². The fraction of sp³-hybridized carbons (Fsp3) is 0.500. The van der Waals surface area contributed by atoms with Crippen molar-refractivity contribution in [2.45, 2.75) is 31.8 Å². The summed E-state index contributed by atoms with van der Waals surface area (Å²) in [5, 5.41) is 37.7. The van der Waals surface area contributed by atoms with Gasteiger partial charge in [0.05, 0.1) is 13.2 Å². The summed E-state index contributed by atoms with van der Waals surface area (Å²) in [6.07, 6.45) is -4.98. The van der Waals surface area contributed by atoms with Crippen molar-refractivity contribution < 1.29 is 20.4 Å². The summed E-state index contributed by atoms with van der Waals surface area (Å²) in [6.45, 7) is 0.0181. The van der Waals surface area contributed by atoms with Gasteiger partial charge in [-0.2, -0.15) is 0 Å². The molecule has 2 aromatic heterocycles. The molecule has 0 aliphatic heterocycles. The average Bonchev–Trinajstić information content (AvgIpc) is 2.51. The number of hydrogen-bond donors (Lipinski definition) is 6. The number of aromatic nitrogens is 4. The molecule has 0 bridgehead atoms. The molecule has 126 valence electrons. The first-order valence-corrected chi connectivity index (χ1v) is 6.65. The highest BCUT2D eigenvalue weighted by atomic mass is 16.4. The fourth-order valence-corrected chi connectivity index (χ4v) is 2.11. The summed E-state index contributed by atoms with van der Waals surface area (Å²) in [5.74, 6) is 0. The Morgan fingerprint density at radius 1 is 1.13 bits per heavy atom. The number of rotatable bonds is 5. The third-order valence-electron chi connectivity index (χ3n) is 3.35. The Bertz CT molecular complexity index is 884. The topological polar surface area (TPSA) is 182 Å². The molecule has 0 fully saturated rings. The lowest BCUT2D eigenvalue weighted by Crippen LogP contribution is -2.44. The number of fused-ring (bicyclic) bond motifs is 1. The van der Waals surface area contributed by atoms with Crippen LogP contribution in [0, 0.1) is 6.92 Å². The molecule has 0 spiro atoms. The number of hydrogen-bond acceptors (Lipinski definition) is 8. The number of H-pyrrole nitrogens is 2. The first kappa shape index (κ1) is 17.0. The van der Waals surface area contributed by atoms with Gasteiger partial charge in [-0.1, -0.05) is 0 Å². The van der Waals surface area contributed by atoms with Gasteiger partial charge in [0.1, 0.15) is 29.7 Å². The molecule has 0 aliphatic rings. The van der Waals surface area contributed by atoms with E-state index in [0.717, 1.165) is 4.57 Å². The number of aryl methyl sites for hydroxylation is 1. The molecule has 6 N–H and O–H groups in total. The minimum absolute atomic E-state index is 0.0561. The van der Waals surface area contributed by atoms with Crippen LogP contribution in [0.2, 0.25) is 0 Å². The number of aromatic amines is 2. The van der Waals surface area contributed by atoms with Crippen molar-refractivity contribution in [1.29, 1.82) is 0 Å². The van der Waals surface area contributed by atoms with Gasteiger partial charge in [-0.25, -0.2) is 9.78 Å². The Hall–Kier alpha value is -2.34. The van der Waals surface area contributed by atoms with Gasteiger partial charge in [0.15, 0.2) is 5.52 Å². The Balaban J connectivity index is 2.60. The molecule has 3 atom stereocenters. The van der Waals surface area contributed by atoms with Crippen LogP contribution < -0.4 is 16.8 Å². The molecule has 2 rings (SSSR count). The van der Waals surface area contributed by atoms with Crippen molar-refractivity contribution >= 4 is 11.2 Å². The zero-order valence-corrected chi connectivity index (χ0v) is 12.1. The molecule has 23 heavy (non-hydrogen) atoms. The van der Waals surface area contributed by atoms with Crippen LogP contribution in [0.5, 0.6) is 0 Å². The van der Waals surface area contributed by atoms with E-state index in [1.54, 1.807) is 0 Å². The molecule has 0 unspecified atom stereocenters. The zero-order chi connectivity index (χ0) is 17.3. The van der Waals surface area contributed by atoms with Crippen LogP contribution in [-0.4, -0.2) is 64.9 Å². The number of aliphatic hydroxyl groups excluding tert-OH is 4. The molecule has 0 radical (unpaired) electrons. The van der Waals surface area contributed by atoms with Crippen molar-refractivity contribution in [3.05, 3.63) is 36.9 Å². The van der Waals surface area contributed by atoms with E-state index in [9.17, 15) is 29.7 Å². The van der Waals surface area contributed by atoms with Gasteiger partial charge in [0.25, 0.3) is 11.1 Å². The van der Waals surface area contributed by atoms with E-state index in [1.807, 2.05) is 4.98 Å². The van der Waals surface area contributed by atoms with E-state index in [1.165, 1.54) is 6.92 Å². The second-order valence-corrected chi connectivity index (χ2v) is 5.03. The Morgan fingerprint density at radius 3 is 2.39 bits per heavy atom.